The van der Waals surface area contributed by atoms with Gasteiger partial charge >= 0.3 is 5.97 Å². The van der Waals surface area contributed by atoms with Crippen LogP contribution in [0, 0.1) is 0 Å². The Labute approximate surface area is 142 Å². The Hall–Kier alpha value is -2.17. The van der Waals surface area contributed by atoms with Gasteiger partial charge in [-0.2, -0.15) is 0 Å². The molecule has 0 radical (unpaired) electrons. The molecule has 1 saturated heterocycles. The standard InChI is InChI=1S/C20H24NO3/c1-21(2)14-13-18(15-21)24-19(22)20(23,16-9-5-3-6-10-16)17-11-7-4-8-12-17/h3-12,18,23H,13-15H2,1-2H3/q+1/t18-/m0/s1. The molecule has 0 spiro atoms. The van der Waals surface area contributed by atoms with E-state index in [4.69, 9.17) is 4.74 Å². The fourth-order valence-corrected chi connectivity index (χ4v) is 3.32. The van der Waals surface area contributed by atoms with Gasteiger partial charge in [0.15, 0.2) is 6.10 Å². The average molecular weight is 326 g/mol. The van der Waals surface area contributed by atoms with Crippen LogP contribution < -0.4 is 0 Å². The first kappa shape index (κ1) is 16.7. The van der Waals surface area contributed by atoms with E-state index in [1.807, 2.05) is 36.4 Å². The molecule has 0 aliphatic carbocycles. The van der Waals surface area contributed by atoms with Gasteiger partial charge in [-0.15, -0.1) is 0 Å². The van der Waals surface area contributed by atoms with Gasteiger partial charge in [0.2, 0.25) is 5.60 Å². The summed E-state index contributed by atoms with van der Waals surface area (Å²) in [6.07, 6.45) is 0.657. The summed E-state index contributed by atoms with van der Waals surface area (Å²) in [6, 6.07) is 18.0. The maximum absolute atomic E-state index is 13.0. The monoisotopic (exact) mass is 326 g/mol. The van der Waals surface area contributed by atoms with Crippen molar-refractivity contribution in [2.75, 3.05) is 27.2 Å². The highest BCUT2D eigenvalue weighted by Crippen LogP contribution is 2.32. The molecule has 126 valence electrons. The number of hydrogen-bond donors (Lipinski definition) is 1. The third-order valence-corrected chi connectivity index (χ3v) is 4.71. The Morgan fingerprint density at radius 1 is 1.04 bits per heavy atom. The van der Waals surface area contributed by atoms with Gasteiger partial charge in [0, 0.05) is 6.42 Å². The second kappa shape index (κ2) is 6.38. The minimum Gasteiger partial charge on any atom is -0.453 e. The van der Waals surface area contributed by atoms with Crippen LogP contribution in [0.1, 0.15) is 17.5 Å². The van der Waals surface area contributed by atoms with E-state index in [2.05, 4.69) is 14.1 Å². The predicted molar refractivity (Wildman–Crippen MR) is 92.2 cm³/mol. The van der Waals surface area contributed by atoms with Gasteiger partial charge in [-0.25, -0.2) is 4.79 Å². The van der Waals surface area contributed by atoms with E-state index in [-0.39, 0.29) is 6.10 Å². The van der Waals surface area contributed by atoms with Gasteiger partial charge in [0.25, 0.3) is 0 Å². The summed E-state index contributed by atoms with van der Waals surface area (Å²) in [6.45, 7) is 1.73. The lowest BCUT2D eigenvalue weighted by atomic mass is 9.86. The summed E-state index contributed by atoms with van der Waals surface area (Å²) in [7, 11) is 4.24. The topological polar surface area (TPSA) is 46.5 Å². The Morgan fingerprint density at radius 3 is 1.96 bits per heavy atom. The Kier molecular flexibility index (Phi) is 4.43. The molecule has 1 aliphatic heterocycles. The van der Waals surface area contributed by atoms with Crippen LogP contribution in [0.5, 0.6) is 0 Å². The van der Waals surface area contributed by atoms with Crippen molar-refractivity contribution in [1.29, 1.82) is 0 Å². The Morgan fingerprint density at radius 2 is 1.54 bits per heavy atom. The highest BCUT2D eigenvalue weighted by Gasteiger charge is 2.44. The molecule has 2 aromatic rings. The highest BCUT2D eigenvalue weighted by atomic mass is 16.6. The van der Waals surface area contributed by atoms with Crippen LogP contribution in [0.25, 0.3) is 0 Å². The van der Waals surface area contributed by atoms with Crippen molar-refractivity contribution >= 4 is 5.97 Å². The summed E-state index contributed by atoms with van der Waals surface area (Å²) in [5, 5.41) is 11.3. The van der Waals surface area contributed by atoms with E-state index in [0.717, 1.165) is 24.0 Å². The minimum absolute atomic E-state index is 0.161. The number of carbonyl (C=O) groups excluding carboxylic acids is 1. The van der Waals surface area contributed by atoms with Crippen molar-refractivity contribution in [3.05, 3.63) is 71.8 Å². The zero-order valence-electron chi connectivity index (χ0n) is 14.2. The molecule has 2 aromatic carbocycles. The average Bonchev–Trinajstić information content (AvgIpc) is 2.94. The Balaban J connectivity index is 1.92. The first-order chi connectivity index (χ1) is 11.4. The number of likely N-dealkylation sites (N-methyl/N-ethyl adjacent to an activating group) is 1. The molecule has 1 fully saturated rings. The van der Waals surface area contributed by atoms with E-state index >= 15 is 0 Å². The molecule has 0 amide bonds. The second-order valence-electron chi connectivity index (χ2n) is 7.10. The molecule has 1 heterocycles. The molecule has 1 N–H and O–H groups in total. The van der Waals surface area contributed by atoms with Gasteiger partial charge in [0.1, 0.15) is 6.54 Å². The van der Waals surface area contributed by atoms with Crippen LogP contribution in [0.4, 0.5) is 0 Å². The van der Waals surface area contributed by atoms with E-state index in [0.29, 0.717) is 11.1 Å². The number of carbonyl (C=O) groups is 1. The summed E-state index contributed by atoms with van der Waals surface area (Å²) < 4.78 is 6.54. The van der Waals surface area contributed by atoms with E-state index < -0.39 is 11.6 Å². The van der Waals surface area contributed by atoms with E-state index in [1.165, 1.54) is 0 Å². The normalized spacial score (nSPS) is 19.9. The molecule has 0 unspecified atom stereocenters. The Bertz CT molecular complexity index is 658. The van der Waals surface area contributed by atoms with Gasteiger partial charge < -0.3 is 14.3 Å². The molecule has 4 heteroatoms. The quantitative estimate of drug-likeness (QED) is 0.693. The number of quaternary nitrogens is 1. The van der Waals surface area contributed by atoms with Crippen LogP contribution in [-0.4, -0.2) is 48.8 Å². The minimum atomic E-state index is -1.79. The molecule has 0 bridgehead atoms. The number of aliphatic hydroxyl groups is 1. The van der Waals surface area contributed by atoms with Gasteiger partial charge in [0.05, 0.1) is 20.6 Å². The highest BCUT2D eigenvalue weighted by molar-refractivity contribution is 5.85. The molecule has 1 aliphatic rings. The van der Waals surface area contributed by atoms with Crippen LogP contribution in [0.15, 0.2) is 60.7 Å². The van der Waals surface area contributed by atoms with Crippen LogP contribution >= 0.6 is 0 Å². The smallest absolute Gasteiger partial charge is 0.348 e. The summed E-state index contributed by atoms with van der Waals surface area (Å²) >= 11 is 0. The number of likely N-dealkylation sites (tertiary alicyclic amines) is 1. The number of esters is 1. The maximum atomic E-state index is 13.0. The number of nitrogens with zero attached hydrogens (tertiary/aromatic N) is 1. The summed E-state index contributed by atoms with van der Waals surface area (Å²) in [4.78, 5) is 13.0. The summed E-state index contributed by atoms with van der Waals surface area (Å²) in [5.74, 6) is -0.605. The molecular formula is C20H24NO3+. The number of hydrogen-bond acceptors (Lipinski definition) is 3. The maximum Gasteiger partial charge on any atom is 0.348 e. The van der Waals surface area contributed by atoms with Crippen LogP contribution in [-0.2, 0) is 15.1 Å². The molecule has 1 atom stereocenters. The van der Waals surface area contributed by atoms with E-state index in [9.17, 15) is 9.90 Å². The fraction of sp³-hybridized carbons (Fsp3) is 0.350. The lowest BCUT2D eigenvalue weighted by Gasteiger charge is -2.29. The zero-order valence-corrected chi connectivity index (χ0v) is 14.2. The third-order valence-electron chi connectivity index (χ3n) is 4.71. The van der Waals surface area contributed by atoms with Gasteiger partial charge in [-0.1, -0.05) is 60.7 Å². The van der Waals surface area contributed by atoms with Crippen LogP contribution in [0.3, 0.4) is 0 Å². The largest absolute Gasteiger partial charge is 0.453 e. The molecule has 3 rings (SSSR count). The van der Waals surface area contributed by atoms with Crippen molar-refractivity contribution in [2.24, 2.45) is 0 Å². The van der Waals surface area contributed by atoms with Crippen molar-refractivity contribution in [2.45, 2.75) is 18.1 Å². The van der Waals surface area contributed by atoms with E-state index in [1.54, 1.807) is 24.3 Å². The molecule has 0 saturated carbocycles. The molecular weight excluding hydrogens is 302 g/mol. The molecule has 0 aromatic heterocycles. The second-order valence-corrected chi connectivity index (χ2v) is 7.10. The lowest BCUT2D eigenvalue weighted by Crippen LogP contribution is -2.42. The number of rotatable bonds is 4. The van der Waals surface area contributed by atoms with Crippen molar-refractivity contribution in [3.8, 4) is 0 Å². The summed E-state index contributed by atoms with van der Waals surface area (Å²) in [5.41, 5.74) is -0.747. The van der Waals surface area contributed by atoms with Crippen molar-refractivity contribution in [1.82, 2.24) is 0 Å². The number of benzene rings is 2. The predicted octanol–water partition coefficient (Wildman–Crippen LogP) is 2.31. The van der Waals surface area contributed by atoms with Crippen molar-refractivity contribution in [3.63, 3.8) is 0 Å². The molecule has 4 nitrogen and oxygen atoms in total. The SMILES string of the molecule is C[N+]1(C)CC[C@H](OC(=O)C(O)(c2ccccc2)c2ccccc2)C1. The number of ether oxygens (including phenoxy) is 1. The van der Waals surface area contributed by atoms with Gasteiger partial charge in [-0.3, -0.25) is 0 Å². The lowest BCUT2D eigenvalue weighted by molar-refractivity contribution is -0.879. The first-order valence-electron chi connectivity index (χ1n) is 8.28. The van der Waals surface area contributed by atoms with Gasteiger partial charge in [-0.05, 0) is 11.1 Å². The zero-order chi connectivity index (χ0) is 17.2. The third kappa shape index (κ3) is 3.21. The first-order valence-corrected chi connectivity index (χ1v) is 8.28. The fourth-order valence-electron chi connectivity index (χ4n) is 3.32. The van der Waals surface area contributed by atoms with Crippen LogP contribution in [0.2, 0.25) is 0 Å². The van der Waals surface area contributed by atoms with Crippen molar-refractivity contribution < 1.29 is 19.1 Å². The molecule has 24 heavy (non-hydrogen) atoms.